The number of ether oxygens (including phenoxy) is 1. The molecular formula is C16H12BrClOS. The molecule has 2 aromatic carbocycles. The van der Waals surface area contributed by atoms with Gasteiger partial charge in [-0.2, -0.15) is 0 Å². The van der Waals surface area contributed by atoms with Crippen LogP contribution in [0.3, 0.4) is 0 Å². The number of benzene rings is 2. The minimum atomic E-state index is 0.0887. The van der Waals surface area contributed by atoms with E-state index in [-0.39, 0.29) is 4.83 Å². The van der Waals surface area contributed by atoms with Gasteiger partial charge < -0.3 is 4.74 Å². The van der Waals surface area contributed by atoms with Gasteiger partial charge in [-0.1, -0.05) is 57.9 Å². The van der Waals surface area contributed by atoms with Crippen molar-refractivity contribution in [2.45, 2.75) is 4.83 Å². The van der Waals surface area contributed by atoms with Crippen LogP contribution in [0.15, 0.2) is 47.8 Å². The van der Waals surface area contributed by atoms with Crippen LogP contribution in [0.4, 0.5) is 0 Å². The molecule has 0 amide bonds. The Bertz CT molecular complexity index is 753. The number of fused-ring (bicyclic) bond motifs is 1. The maximum atomic E-state index is 6.25. The standard InChI is InChI=1S/C16H12BrClOS/c1-19-14-7-6-12(10-4-2-3-5-11(10)14)15(17)16-13(18)8-9-20-16/h2-9,15H,1H3. The second kappa shape index (κ2) is 5.76. The van der Waals surface area contributed by atoms with E-state index in [0.717, 1.165) is 21.0 Å². The highest BCUT2D eigenvalue weighted by Gasteiger charge is 2.18. The quantitative estimate of drug-likeness (QED) is 0.512. The maximum Gasteiger partial charge on any atom is 0.126 e. The van der Waals surface area contributed by atoms with E-state index in [2.05, 4.69) is 34.1 Å². The van der Waals surface area contributed by atoms with Crippen molar-refractivity contribution in [2.24, 2.45) is 0 Å². The number of rotatable bonds is 3. The fourth-order valence-electron chi connectivity index (χ4n) is 2.32. The highest BCUT2D eigenvalue weighted by atomic mass is 79.9. The molecular weight excluding hydrogens is 356 g/mol. The Balaban J connectivity index is 2.20. The number of halogens is 2. The summed E-state index contributed by atoms with van der Waals surface area (Å²) in [5, 5.41) is 5.11. The van der Waals surface area contributed by atoms with Gasteiger partial charge in [-0.15, -0.1) is 11.3 Å². The molecule has 3 rings (SSSR count). The van der Waals surface area contributed by atoms with Crippen molar-refractivity contribution in [1.82, 2.24) is 0 Å². The summed E-state index contributed by atoms with van der Waals surface area (Å²) in [5.74, 6) is 0.890. The summed E-state index contributed by atoms with van der Waals surface area (Å²) in [4.78, 5) is 1.22. The van der Waals surface area contributed by atoms with E-state index in [1.54, 1.807) is 18.4 Å². The van der Waals surface area contributed by atoms with Crippen molar-refractivity contribution in [2.75, 3.05) is 7.11 Å². The molecule has 1 aromatic heterocycles. The van der Waals surface area contributed by atoms with Gasteiger partial charge in [0.25, 0.3) is 0 Å². The number of methoxy groups -OCH3 is 1. The average molecular weight is 368 g/mol. The molecule has 0 aliphatic rings. The van der Waals surface area contributed by atoms with Crippen LogP contribution in [-0.4, -0.2) is 7.11 Å². The van der Waals surface area contributed by atoms with Crippen LogP contribution in [0, 0.1) is 0 Å². The molecule has 0 saturated heterocycles. The summed E-state index contributed by atoms with van der Waals surface area (Å²) in [5.41, 5.74) is 1.20. The minimum Gasteiger partial charge on any atom is -0.496 e. The van der Waals surface area contributed by atoms with Gasteiger partial charge in [0, 0.05) is 10.3 Å². The molecule has 0 bridgehead atoms. The molecule has 0 N–H and O–H groups in total. The Morgan fingerprint density at radius 3 is 2.50 bits per heavy atom. The molecule has 1 heterocycles. The molecule has 0 aliphatic carbocycles. The van der Waals surface area contributed by atoms with Crippen LogP contribution in [0.5, 0.6) is 5.75 Å². The van der Waals surface area contributed by atoms with E-state index in [4.69, 9.17) is 16.3 Å². The highest BCUT2D eigenvalue weighted by Crippen LogP contribution is 2.42. The van der Waals surface area contributed by atoms with Crippen molar-refractivity contribution in [1.29, 1.82) is 0 Å². The summed E-state index contributed by atoms with van der Waals surface area (Å²) >= 11 is 11.7. The molecule has 0 aliphatic heterocycles. The van der Waals surface area contributed by atoms with Crippen molar-refractivity contribution >= 4 is 49.6 Å². The molecule has 4 heteroatoms. The van der Waals surface area contributed by atoms with Crippen molar-refractivity contribution < 1.29 is 4.74 Å². The van der Waals surface area contributed by atoms with E-state index in [0.29, 0.717) is 0 Å². The Labute approximate surface area is 135 Å². The van der Waals surface area contributed by atoms with Gasteiger partial charge in [0.1, 0.15) is 5.75 Å². The van der Waals surface area contributed by atoms with E-state index in [1.165, 1.54) is 10.9 Å². The largest absolute Gasteiger partial charge is 0.496 e. The van der Waals surface area contributed by atoms with Crippen LogP contribution in [0.2, 0.25) is 5.02 Å². The van der Waals surface area contributed by atoms with Crippen molar-refractivity contribution in [3.8, 4) is 5.75 Å². The first kappa shape index (κ1) is 13.9. The van der Waals surface area contributed by atoms with Gasteiger partial charge in [0.2, 0.25) is 0 Å². The van der Waals surface area contributed by atoms with Crippen LogP contribution < -0.4 is 4.74 Å². The first-order valence-electron chi connectivity index (χ1n) is 6.15. The molecule has 102 valence electrons. The van der Waals surface area contributed by atoms with Crippen LogP contribution in [0.1, 0.15) is 15.3 Å². The van der Waals surface area contributed by atoms with Crippen molar-refractivity contribution in [3.63, 3.8) is 0 Å². The van der Waals surface area contributed by atoms with E-state index in [1.807, 2.05) is 29.6 Å². The summed E-state index contributed by atoms with van der Waals surface area (Å²) < 4.78 is 5.44. The smallest absolute Gasteiger partial charge is 0.126 e. The second-order valence-corrected chi connectivity index (χ2v) is 6.67. The molecule has 0 spiro atoms. The molecule has 20 heavy (non-hydrogen) atoms. The lowest BCUT2D eigenvalue weighted by Gasteiger charge is -2.14. The third kappa shape index (κ3) is 2.34. The number of thiophene rings is 1. The van der Waals surface area contributed by atoms with E-state index >= 15 is 0 Å². The van der Waals surface area contributed by atoms with Gasteiger partial charge in [-0.25, -0.2) is 0 Å². The Morgan fingerprint density at radius 2 is 1.85 bits per heavy atom. The monoisotopic (exact) mass is 366 g/mol. The Hall–Kier alpha value is -1.03. The molecule has 0 saturated carbocycles. The zero-order valence-electron chi connectivity index (χ0n) is 10.8. The molecule has 1 atom stereocenters. The van der Waals surface area contributed by atoms with Gasteiger partial charge in [-0.3, -0.25) is 0 Å². The van der Waals surface area contributed by atoms with Crippen molar-refractivity contribution in [3.05, 3.63) is 63.3 Å². The lowest BCUT2D eigenvalue weighted by atomic mass is 10.0. The fourth-order valence-corrected chi connectivity index (χ4v) is 4.58. The summed E-state index contributed by atoms with van der Waals surface area (Å²) in [6, 6.07) is 14.3. The zero-order chi connectivity index (χ0) is 14.1. The third-order valence-corrected chi connectivity index (χ3v) is 5.96. The highest BCUT2D eigenvalue weighted by molar-refractivity contribution is 9.09. The number of alkyl halides is 1. The Morgan fingerprint density at radius 1 is 1.10 bits per heavy atom. The molecule has 1 nitrogen and oxygen atoms in total. The minimum absolute atomic E-state index is 0.0887. The summed E-state index contributed by atoms with van der Waals surface area (Å²) in [7, 11) is 1.70. The van der Waals surface area contributed by atoms with Crippen LogP contribution in [0.25, 0.3) is 10.8 Å². The van der Waals surface area contributed by atoms with Gasteiger partial charge >= 0.3 is 0 Å². The predicted octanol–water partition coefficient (Wildman–Crippen LogP) is 6.05. The zero-order valence-corrected chi connectivity index (χ0v) is 13.9. The first-order valence-corrected chi connectivity index (χ1v) is 8.32. The maximum absolute atomic E-state index is 6.25. The van der Waals surface area contributed by atoms with Gasteiger partial charge in [0.15, 0.2) is 0 Å². The predicted molar refractivity (Wildman–Crippen MR) is 90.6 cm³/mol. The molecule has 0 radical (unpaired) electrons. The molecule has 0 fully saturated rings. The average Bonchev–Trinajstić information content (AvgIpc) is 2.91. The molecule has 3 aromatic rings. The lowest BCUT2D eigenvalue weighted by Crippen LogP contribution is -1.94. The second-order valence-electron chi connectivity index (χ2n) is 4.40. The van der Waals surface area contributed by atoms with E-state index in [9.17, 15) is 0 Å². The van der Waals surface area contributed by atoms with Crippen LogP contribution >= 0.6 is 38.9 Å². The summed E-state index contributed by atoms with van der Waals surface area (Å²) in [6.45, 7) is 0. The van der Waals surface area contributed by atoms with Gasteiger partial charge in [0.05, 0.1) is 17.0 Å². The molecule has 1 unspecified atom stereocenters. The Kier molecular flexibility index (Phi) is 4.01. The summed E-state index contributed by atoms with van der Waals surface area (Å²) in [6.07, 6.45) is 0. The first-order chi connectivity index (χ1) is 9.72. The SMILES string of the molecule is COc1ccc(C(Br)c2sccc2Cl)c2ccccc12. The lowest BCUT2D eigenvalue weighted by molar-refractivity contribution is 0.419. The fraction of sp³-hybridized carbons (Fsp3) is 0.125. The normalized spacial score (nSPS) is 12.6. The van der Waals surface area contributed by atoms with E-state index < -0.39 is 0 Å². The third-order valence-electron chi connectivity index (χ3n) is 3.29. The topological polar surface area (TPSA) is 9.23 Å². The number of hydrogen-bond donors (Lipinski definition) is 0. The van der Waals surface area contributed by atoms with Crippen LogP contribution in [-0.2, 0) is 0 Å². The van der Waals surface area contributed by atoms with Gasteiger partial charge in [-0.05, 0) is 28.5 Å². The number of hydrogen-bond acceptors (Lipinski definition) is 2.